The lowest BCUT2D eigenvalue weighted by atomic mass is 10.0. The number of hydrogen-bond acceptors (Lipinski definition) is 4. The summed E-state index contributed by atoms with van der Waals surface area (Å²) in [7, 11) is 1.69. The molecule has 0 saturated carbocycles. The first-order valence-corrected chi connectivity index (χ1v) is 6.92. The number of likely N-dealkylation sites (N-methyl/N-ethyl adjacent to an activating group) is 1. The average molecular weight is 288 g/mol. The molecule has 2 rings (SSSR count). The normalized spacial score (nSPS) is 18.7. The maximum absolute atomic E-state index is 12.3. The molecule has 1 aliphatic heterocycles. The van der Waals surface area contributed by atoms with Crippen molar-refractivity contribution in [3.8, 4) is 5.75 Å². The monoisotopic (exact) mass is 288 g/mol. The van der Waals surface area contributed by atoms with Crippen molar-refractivity contribution in [2.24, 2.45) is 0 Å². The van der Waals surface area contributed by atoms with E-state index in [1.54, 1.807) is 45.2 Å². The van der Waals surface area contributed by atoms with Gasteiger partial charge in [-0.25, -0.2) is 0 Å². The second-order valence-electron chi connectivity index (χ2n) is 5.12. The maximum Gasteiger partial charge on any atom is 0.267 e. The summed E-state index contributed by atoms with van der Waals surface area (Å²) < 4.78 is 5.54. The Morgan fingerprint density at radius 2 is 2.29 bits per heavy atom. The van der Waals surface area contributed by atoms with E-state index in [-0.39, 0.29) is 17.7 Å². The molecule has 1 aromatic rings. The summed E-state index contributed by atoms with van der Waals surface area (Å²) >= 11 is 0. The molecule has 112 valence electrons. The number of ether oxygens (including phenoxy) is 1. The van der Waals surface area contributed by atoms with E-state index in [0.717, 1.165) is 0 Å². The second kappa shape index (κ2) is 6.10. The minimum Gasteiger partial charge on any atom is -0.479 e. The quantitative estimate of drug-likeness (QED) is 0.663. The summed E-state index contributed by atoms with van der Waals surface area (Å²) in [6, 6.07) is 4.85. The number of nitrogens with zero attached hydrogens (tertiary/aromatic N) is 1. The maximum atomic E-state index is 12.3. The van der Waals surface area contributed by atoms with Crippen LogP contribution in [0.3, 0.4) is 0 Å². The van der Waals surface area contributed by atoms with Crippen LogP contribution in [0.2, 0.25) is 0 Å². The van der Waals surface area contributed by atoms with Crippen molar-refractivity contribution >= 4 is 17.4 Å². The topological polar surface area (TPSA) is 58.6 Å². The van der Waals surface area contributed by atoms with Crippen molar-refractivity contribution in [1.29, 1.82) is 0 Å². The van der Waals surface area contributed by atoms with Crippen molar-refractivity contribution in [2.45, 2.75) is 26.0 Å². The minimum absolute atomic E-state index is 0.0286. The van der Waals surface area contributed by atoms with Crippen LogP contribution < -0.4 is 15.0 Å². The molecule has 2 atom stereocenters. The molecule has 5 heteroatoms. The summed E-state index contributed by atoms with van der Waals surface area (Å²) in [6.07, 6.45) is 1.20. The van der Waals surface area contributed by atoms with Crippen LogP contribution in [-0.2, 0) is 4.79 Å². The van der Waals surface area contributed by atoms with Crippen molar-refractivity contribution in [2.75, 3.05) is 18.5 Å². The van der Waals surface area contributed by atoms with E-state index in [1.807, 2.05) is 0 Å². The van der Waals surface area contributed by atoms with Gasteiger partial charge in [-0.1, -0.05) is 6.08 Å². The van der Waals surface area contributed by atoms with E-state index >= 15 is 0 Å². The lowest BCUT2D eigenvalue weighted by molar-refractivity contribution is -0.125. The number of carbonyl (C=O) groups excluding carboxylic acids is 2. The molecule has 1 N–H and O–H groups in total. The number of benzene rings is 1. The Kier molecular flexibility index (Phi) is 4.43. The Labute approximate surface area is 124 Å². The Morgan fingerprint density at radius 3 is 2.95 bits per heavy atom. The van der Waals surface area contributed by atoms with Crippen LogP contribution in [0.4, 0.5) is 5.69 Å². The van der Waals surface area contributed by atoms with Crippen molar-refractivity contribution in [1.82, 2.24) is 5.32 Å². The number of nitrogens with one attached hydrogen (secondary N) is 1. The molecule has 5 nitrogen and oxygen atoms in total. The van der Waals surface area contributed by atoms with Gasteiger partial charge >= 0.3 is 0 Å². The predicted octanol–water partition coefficient (Wildman–Crippen LogP) is 1.78. The largest absolute Gasteiger partial charge is 0.479 e. The van der Waals surface area contributed by atoms with Crippen LogP contribution in [0, 0.1) is 0 Å². The third kappa shape index (κ3) is 2.97. The zero-order valence-corrected chi connectivity index (χ0v) is 12.6. The molecule has 1 amide bonds. The number of ketones is 1. The molecule has 0 fully saturated rings. The van der Waals surface area contributed by atoms with Gasteiger partial charge in [-0.05, 0) is 32.0 Å². The second-order valence-corrected chi connectivity index (χ2v) is 5.12. The molecule has 0 radical (unpaired) electrons. The van der Waals surface area contributed by atoms with E-state index in [4.69, 9.17) is 4.74 Å². The smallest absolute Gasteiger partial charge is 0.267 e. The Balaban J connectivity index is 2.27. The molecule has 0 aromatic heterocycles. The molecule has 0 bridgehead atoms. The van der Waals surface area contributed by atoms with E-state index in [9.17, 15) is 9.59 Å². The number of Topliss-reactive ketones (excluding diaryl/α,β-unsaturated/α-hetero) is 1. The summed E-state index contributed by atoms with van der Waals surface area (Å²) in [5.74, 6) is 0.469. The minimum atomic E-state index is -0.503. The van der Waals surface area contributed by atoms with Crippen molar-refractivity contribution in [3.63, 3.8) is 0 Å². The summed E-state index contributed by atoms with van der Waals surface area (Å²) in [4.78, 5) is 25.8. The molecule has 0 aliphatic carbocycles. The van der Waals surface area contributed by atoms with Crippen molar-refractivity contribution in [3.05, 3.63) is 36.4 Å². The van der Waals surface area contributed by atoms with E-state index in [1.165, 1.54) is 4.90 Å². The molecule has 2 unspecified atom stereocenters. The van der Waals surface area contributed by atoms with Gasteiger partial charge in [0.2, 0.25) is 0 Å². The van der Waals surface area contributed by atoms with Crippen LogP contribution in [-0.4, -0.2) is 37.4 Å². The Hall–Kier alpha value is -2.14. The number of anilines is 1. The van der Waals surface area contributed by atoms with Gasteiger partial charge in [0.25, 0.3) is 5.91 Å². The Morgan fingerprint density at radius 1 is 1.57 bits per heavy atom. The molecule has 0 saturated heterocycles. The standard InChI is InChI=1S/C16H20N2O3/c1-5-8-17-10(2)15(19)12-6-7-14-13(9-12)18(4)16(20)11(3)21-14/h5-7,9-11,17H,1,8H2,2-4H3. The number of fused-ring (bicyclic) bond motifs is 1. The van der Waals surface area contributed by atoms with Gasteiger partial charge in [0.15, 0.2) is 11.9 Å². The van der Waals surface area contributed by atoms with E-state index in [0.29, 0.717) is 23.5 Å². The zero-order chi connectivity index (χ0) is 15.6. The van der Waals surface area contributed by atoms with Crippen LogP contribution in [0.25, 0.3) is 0 Å². The highest BCUT2D eigenvalue weighted by molar-refractivity contribution is 6.04. The first-order chi connectivity index (χ1) is 9.95. The number of hydrogen-bond donors (Lipinski definition) is 1. The highest BCUT2D eigenvalue weighted by atomic mass is 16.5. The van der Waals surface area contributed by atoms with E-state index < -0.39 is 6.10 Å². The molecule has 1 heterocycles. The first-order valence-electron chi connectivity index (χ1n) is 6.92. The molecular formula is C16H20N2O3. The van der Waals surface area contributed by atoms with Gasteiger partial charge in [-0.2, -0.15) is 0 Å². The van der Waals surface area contributed by atoms with E-state index in [2.05, 4.69) is 11.9 Å². The molecule has 0 spiro atoms. The third-order valence-electron chi connectivity index (χ3n) is 3.55. The van der Waals surface area contributed by atoms with Gasteiger partial charge in [0.05, 0.1) is 11.7 Å². The van der Waals surface area contributed by atoms with Crippen LogP contribution in [0.15, 0.2) is 30.9 Å². The first kappa shape index (κ1) is 15.3. The highest BCUT2D eigenvalue weighted by Gasteiger charge is 2.29. The average Bonchev–Trinajstić information content (AvgIpc) is 2.49. The molecular weight excluding hydrogens is 268 g/mol. The predicted molar refractivity (Wildman–Crippen MR) is 81.9 cm³/mol. The third-order valence-corrected chi connectivity index (χ3v) is 3.55. The van der Waals surface area contributed by atoms with Gasteiger partial charge in [-0.3, -0.25) is 9.59 Å². The fourth-order valence-corrected chi connectivity index (χ4v) is 2.27. The van der Waals surface area contributed by atoms with Crippen molar-refractivity contribution < 1.29 is 14.3 Å². The summed E-state index contributed by atoms with van der Waals surface area (Å²) in [5.41, 5.74) is 1.18. The zero-order valence-electron chi connectivity index (χ0n) is 12.6. The summed E-state index contributed by atoms with van der Waals surface area (Å²) in [6.45, 7) is 7.69. The molecule has 1 aliphatic rings. The van der Waals surface area contributed by atoms with Gasteiger partial charge < -0.3 is 15.0 Å². The SMILES string of the molecule is C=CCNC(C)C(=O)c1ccc2c(c1)N(C)C(=O)C(C)O2. The van der Waals surface area contributed by atoms with Crippen LogP contribution in [0.1, 0.15) is 24.2 Å². The van der Waals surface area contributed by atoms with Crippen LogP contribution in [0.5, 0.6) is 5.75 Å². The van der Waals surface area contributed by atoms with Crippen LogP contribution >= 0.6 is 0 Å². The molecule has 21 heavy (non-hydrogen) atoms. The lowest BCUT2D eigenvalue weighted by Crippen LogP contribution is -2.42. The number of carbonyl (C=O) groups is 2. The fourth-order valence-electron chi connectivity index (χ4n) is 2.27. The summed E-state index contributed by atoms with van der Waals surface area (Å²) in [5, 5.41) is 3.06. The fraction of sp³-hybridized carbons (Fsp3) is 0.375. The lowest BCUT2D eigenvalue weighted by Gasteiger charge is -2.30. The van der Waals surface area contributed by atoms with Gasteiger partial charge in [0, 0.05) is 19.2 Å². The number of rotatable bonds is 5. The Bertz CT molecular complexity index is 583. The van der Waals surface area contributed by atoms with Gasteiger partial charge in [0.1, 0.15) is 5.75 Å². The highest BCUT2D eigenvalue weighted by Crippen LogP contribution is 2.34. The number of amides is 1. The molecule has 1 aromatic carbocycles. The van der Waals surface area contributed by atoms with Gasteiger partial charge in [-0.15, -0.1) is 6.58 Å².